The first kappa shape index (κ1) is 17.2. The Hall–Kier alpha value is -1.61. The molecule has 0 spiro atoms. The molecule has 4 atom stereocenters. The third kappa shape index (κ3) is 4.07. The molecule has 3 heteroatoms. The SMILES string of the molecule is C[C@@H]1CCCC[C@@H]1NC(=O)[C@@H](C)[NH+]1CC=C(c2ccccc2)CC1. The monoisotopic (exact) mass is 327 g/mol. The number of amides is 1. The summed E-state index contributed by atoms with van der Waals surface area (Å²) in [5.41, 5.74) is 2.75. The van der Waals surface area contributed by atoms with Crippen LogP contribution in [-0.2, 0) is 4.79 Å². The number of hydrogen-bond donors (Lipinski definition) is 2. The highest BCUT2D eigenvalue weighted by atomic mass is 16.2. The minimum absolute atomic E-state index is 0.0349. The van der Waals surface area contributed by atoms with Gasteiger partial charge in [-0.2, -0.15) is 0 Å². The van der Waals surface area contributed by atoms with Crippen molar-refractivity contribution in [3.05, 3.63) is 42.0 Å². The smallest absolute Gasteiger partial charge is 0.278 e. The predicted molar refractivity (Wildman–Crippen MR) is 98.8 cm³/mol. The van der Waals surface area contributed by atoms with Gasteiger partial charge in [0, 0.05) is 12.5 Å². The van der Waals surface area contributed by atoms with Crippen molar-refractivity contribution in [3.63, 3.8) is 0 Å². The number of rotatable bonds is 4. The molecule has 0 saturated heterocycles. The Balaban J connectivity index is 1.55. The molecule has 1 aromatic rings. The van der Waals surface area contributed by atoms with Gasteiger partial charge in [-0.25, -0.2) is 0 Å². The zero-order chi connectivity index (χ0) is 16.9. The second-order valence-corrected chi connectivity index (χ2v) is 7.56. The Bertz CT molecular complexity index is 581. The molecule has 3 nitrogen and oxygen atoms in total. The summed E-state index contributed by atoms with van der Waals surface area (Å²) in [7, 11) is 0. The normalized spacial score (nSPS) is 28.8. The van der Waals surface area contributed by atoms with E-state index in [1.54, 1.807) is 0 Å². The second-order valence-electron chi connectivity index (χ2n) is 7.56. The van der Waals surface area contributed by atoms with Crippen molar-refractivity contribution in [2.45, 2.75) is 58.0 Å². The van der Waals surface area contributed by atoms with E-state index in [9.17, 15) is 4.79 Å². The van der Waals surface area contributed by atoms with Crippen LogP contribution in [0.25, 0.3) is 5.57 Å². The lowest BCUT2D eigenvalue weighted by Gasteiger charge is -2.33. The number of hydrogen-bond acceptors (Lipinski definition) is 1. The first-order chi connectivity index (χ1) is 11.6. The molecular weight excluding hydrogens is 296 g/mol. The van der Waals surface area contributed by atoms with E-state index in [2.05, 4.69) is 55.6 Å². The average Bonchev–Trinajstić information content (AvgIpc) is 2.64. The summed E-state index contributed by atoms with van der Waals surface area (Å²) in [5.74, 6) is 0.858. The fraction of sp³-hybridized carbons (Fsp3) is 0.571. The summed E-state index contributed by atoms with van der Waals surface area (Å²) in [4.78, 5) is 14.0. The fourth-order valence-electron chi connectivity index (χ4n) is 4.09. The zero-order valence-electron chi connectivity index (χ0n) is 15.1. The van der Waals surface area contributed by atoms with Gasteiger partial charge in [-0.1, -0.05) is 50.1 Å². The second kappa shape index (κ2) is 7.98. The largest absolute Gasteiger partial charge is 0.348 e. The van der Waals surface area contributed by atoms with Gasteiger partial charge < -0.3 is 10.2 Å². The van der Waals surface area contributed by atoms with Crippen LogP contribution in [0.4, 0.5) is 0 Å². The maximum atomic E-state index is 12.7. The molecule has 1 fully saturated rings. The highest BCUT2D eigenvalue weighted by Gasteiger charge is 2.30. The minimum atomic E-state index is 0.0349. The van der Waals surface area contributed by atoms with Crippen LogP contribution in [0.15, 0.2) is 36.4 Å². The fourth-order valence-corrected chi connectivity index (χ4v) is 4.09. The van der Waals surface area contributed by atoms with Crippen LogP contribution < -0.4 is 10.2 Å². The molecule has 0 bridgehead atoms. The highest BCUT2D eigenvalue weighted by Crippen LogP contribution is 2.23. The van der Waals surface area contributed by atoms with Crippen LogP contribution in [0.1, 0.15) is 51.5 Å². The van der Waals surface area contributed by atoms with Gasteiger partial charge >= 0.3 is 0 Å². The van der Waals surface area contributed by atoms with E-state index in [-0.39, 0.29) is 11.9 Å². The van der Waals surface area contributed by atoms with Gasteiger partial charge in [-0.15, -0.1) is 0 Å². The summed E-state index contributed by atoms with van der Waals surface area (Å²) >= 11 is 0. The van der Waals surface area contributed by atoms with E-state index in [0.29, 0.717) is 12.0 Å². The highest BCUT2D eigenvalue weighted by molar-refractivity contribution is 5.80. The van der Waals surface area contributed by atoms with Crippen molar-refractivity contribution in [2.75, 3.05) is 13.1 Å². The molecule has 1 amide bonds. The predicted octanol–water partition coefficient (Wildman–Crippen LogP) is 2.44. The molecule has 1 aromatic carbocycles. The Kier molecular flexibility index (Phi) is 5.72. The van der Waals surface area contributed by atoms with Crippen molar-refractivity contribution in [3.8, 4) is 0 Å². The summed E-state index contributed by atoms with van der Waals surface area (Å²) in [6, 6.07) is 11.0. The molecule has 1 aliphatic carbocycles. The first-order valence-electron chi connectivity index (χ1n) is 9.54. The topological polar surface area (TPSA) is 33.5 Å². The van der Waals surface area contributed by atoms with Gasteiger partial charge in [0.1, 0.15) is 0 Å². The Labute approximate surface area is 146 Å². The standard InChI is InChI=1S/C21H30N2O/c1-16-8-6-7-11-20(16)22-21(24)17(2)23-14-12-19(13-15-23)18-9-4-3-5-10-18/h3-5,9-10,12,16-17,20H,6-8,11,13-15H2,1-2H3,(H,22,24)/p+1/t16-,17-,20+/m1/s1. The molecule has 130 valence electrons. The van der Waals surface area contributed by atoms with Crippen LogP contribution in [0.3, 0.4) is 0 Å². The lowest BCUT2D eigenvalue weighted by molar-refractivity contribution is -0.909. The number of nitrogens with one attached hydrogen (secondary N) is 2. The van der Waals surface area contributed by atoms with Crippen molar-refractivity contribution in [1.29, 1.82) is 0 Å². The lowest BCUT2D eigenvalue weighted by Crippen LogP contribution is -3.17. The number of carbonyl (C=O) groups is 1. The van der Waals surface area contributed by atoms with Crippen molar-refractivity contribution < 1.29 is 9.69 Å². The Morgan fingerprint density at radius 1 is 1.21 bits per heavy atom. The maximum Gasteiger partial charge on any atom is 0.278 e. The molecule has 0 radical (unpaired) electrons. The van der Waals surface area contributed by atoms with Crippen molar-refractivity contribution >= 4 is 11.5 Å². The van der Waals surface area contributed by atoms with E-state index in [1.165, 1.54) is 35.3 Å². The van der Waals surface area contributed by atoms with E-state index in [0.717, 1.165) is 25.9 Å². The number of quaternary nitrogens is 1. The van der Waals surface area contributed by atoms with Crippen LogP contribution in [0, 0.1) is 5.92 Å². The van der Waals surface area contributed by atoms with E-state index >= 15 is 0 Å². The summed E-state index contributed by atoms with van der Waals surface area (Å²) in [5, 5.41) is 3.33. The van der Waals surface area contributed by atoms with E-state index in [1.807, 2.05) is 0 Å². The maximum absolute atomic E-state index is 12.7. The minimum Gasteiger partial charge on any atom is -0.348 e. The molecule has 24 heavy (non-hydrogen) atoms. The molecule has 1 unspecified atom stereocenters. The summed E-state index contributed by atoms with van der Waals surface area (Å²) in [6.45, 7) is 6.34. The van der Waals surface area contributed by atoms with Crippen LogP contribution in [0.5, 0.6) is 0 Å². The third-order valence-electron chi connectivity index (χ3n) is 5.92. The van der Waals surface area contributed by atoms with Crippen LogP contribution >= 0.6 is 0 Å². The molecule has 1 saturated carbocycles. The van der Waals surface area contributed by atoms with Crippen LogP contribution in [0.2, 0.25) is 0 Å². The quantitative estimate of drug-likeness (QED) is 0.875. The van der Waals surface area contributed by atoms with E-state index < -0.39 is 0 Å². The number of carbonyl (C=O) groups excluding carboxylic acids is 1. The molecule has 2 aliphatic rings. The van der Waals surface area contributed by atoms with Gasteiger partial charge in [-0.3, -0.25) is 4.79 Å². The Morgan fingerprint density at radius 2 is 1.96 bits per heavy atom. The zero-order valence-corrected chi connectivity index (χ0v) is 15.1. The first-order valence-corrected chi connectivity index (χ1v) is 9.54. The molecule has 1 heterocycles. The number of benzene rings is 1. The summed E-state index contributed by atoms with van der Waals surface area (Å²) < 4.78 is 0. The molecule has 2 N–H and O–H groups in total. The molecule has 3 rings (SSSR count). The van der Waals surface area contributed by atoms with E-state index in [4.69, 9.17) is 0 Å². The average molecular weight is 327 g/mol. The van der Waals surface area contributed by atoms with Gasteiger partial charge in [0.25, 0.3) is 5.91 Å². The van der Waals surface area contributed by atoms with Crippen LogP contribution in [-0.4, -0.2) is 31.1 Å². The van der Waals surface area contributed by atoms with Gasteiger partial charge in [0.05, 0.1) is 13.1 Å². The van der Waals surface area contributed by atoms with Gasteiger partial charge in [0.15, 0.2) is 6.04 Å². The third-order valence-corrected chi connectivity index (χ3v) is 5.92. The molecule has 1 aliphatic heterocycles. The van der Waals surface area contributed by atoms with Gasteiger partial charge in [-0.05, 0) is 42.9 Å². The molecular formula is C21H31N2O+. The lowest BCUT2D eigenvalue weighted by atomic mass is 9.86. The van der Waals surface area contributed by atoms with Crippen molar-refractivity contribution in [2.24, 2.45) is 5.92 Å². The van der Waals surface area contributed by atoms with Crippen molar-refractivity contribution in [1.82, 2.24) is 5.32 Å². The summed E-state index contributed by atoms with van der Waals surface area (Å²) in [6.07, 6.45) is 8.33. The Morgan fingerprint density at radius 3 is 2.62 bits per heavy atom. The molecule has 0 aromatic heterocycles. The van der Waals surface area contributed by atoms with Gasteiger partial charge in [0.2, 0.25) is 0 Å².